The molecular weight excluding hydrogens is 443 g/mol. The first-order valence-corrected chi connectivity index (χ1v) is 12.7. The zero-order valence-electron chi connectivity index (χ0n) is 18.1. The predicted molar refractivity (Wildman–Crippen MR) is 121 cm³/mol. The van der Waals surface area contributed by atoms with Crippen LogP contribution in [0, 0.1) is 5.82 Å². The summed E-state index contributed by atoms with van der Waals surface area (Å²) >= 11 is 0. The van der Waals surface area contributed by atoms with Gasteiger partial charge in [-0.15, -0.1) is 0 Å². The molecule has 1 N–H and O–H groups in total. The molecule has 0 saturated carbocycles. The minimum atomic E-state index is -3.19. The van der Waals surface area contributed by atoms with Gasteiger partial charge in [0.1, 0.15) is 18.2 Å². The minimum absolute atomic E-state index is 0.111. The lowest BCUT2D eigenvalue weighted by Crippen LogP contribution is -1.99. The van der Waals surface area contributed by atoms with Crippen LogP contribution in [0.5, 0.6) is 5.75 Å². The van der Waals surface area contributed by atoms with E-state index in [1.807, 2.05) is 6.92 Å². The van der Waals surface area contributed by atoms with Crippen LogP contribution >= 0.6 is 0 Å². The molecule has 0 unspecified atom stereocenters. The number of benzene rings is 2. The molecule has 0 radical (unpaired) electrons. The first-order valence-electron chi connectivity index (χ1n) is 8.95. The van der Waals surface area contributed by atoms with E-state index < -0.39 is 25.5 Å². The summed E-state index contributed by atoms with van der Waals surface area (Å²) in [5.74, 6) is 0.211. The fourth-order valence-electron chi connectivity index (χ4n) is 1.67. The van der Waals surface area contributed by atoms with Gasteiger partial charge in [0.2, 0.25) is 0 Å². The van der Waals surface area contributed by atoms with Crippen molar-refractivity contribution < 1.29 is 31.1 Å². The van der Waals surface area contributed by atoms with Gasteiger partial charge < -0.3 is 9.84 Å². The number of hydrogen-bond donors (Lipinski definition) is 1. The minimum Gasteiger partial charge on any atom is -0.489 e. The molecule has 0 aliphatic heterocycles. The zero-order chi connectivity index (χ0) is 24.2. The highest BCUT2D eigenvalue weighted by molar-refractivity contribution is 7.91. The monoisotopic (exact) mass is 472 g/mol. The van der Waals surface area contributed by atoms with Crippen molar-refractivity contribution in [1.82, 2.24) is 0 Å². The van der Waals surface area contributed by atoms with Gasteiger partial charge in [0.25, 0.3) is 0 Å². The second kappa shape index (κ2) is 13.0. The number of hydrogen-bond acceptors (Lipinski definition) is 6. The van der Waals surface area contributed by atoms with Crippen LogP contribution in [-0.4, -0.2) is 47.7 Å². The highest BCUT2D eigenvalue weighted by Crippen LogP contribution is 2.16. The molecule has 0 amide bonds. The zero-order valence-corrected chi connectivity index (χ0v) is 19.8. The second-order valence-corrected chi connectivity index (χ2v) is 10.9. The van der Waals surface area contributed by atoms with Gasteiger partial charge in [-0.3, -0.25) is 0 Å². The topological polar surface area (TPSA) is 97.7 Å². The van der Waals surface area contributed by atoms with Gasteiger partial charge in [-0.2, -0.15) is 0 Å². The molecule has 0 bridgehead atoms. The quantitative estimate of drug-likeness (QED) is 0.507. The fourth-order valence-corrected chi connectivity index (χ4v) is 2.93. The predicted octanol–water partition coefficient (Wildman–Crippen LogP) is 3.83. The van der Waals surface area contributed by atoms with E-state index in [9.17, 15) is 21.2 Å². The van der Waals surface area contributed by atoms with Crippen LogP contribution in [0.3, 0.4) is 0 Å². The third-order valence-corrected chi connectivity index (χ3v) is 5.51. The average molecular weight is 473 g/mol. The van der Waals surface area contributed by atoms with Crippen molar-refractivity contribution in [2.75, 3.05) is 25.7 Å². The Bertz CT molecular complexity index is 1060. The van der Waals surface area contributed by atoms with Crippen LogP contribution in [0.25, 0.3) is 0 Å². The first kappa shape index (κ1) is 28.5. The number of aliphatic hydroxyl groups is 1. The maximum atomic E-state index is 12.3. The largest absolute Gasteiger partial charge is 0.489 e. The summed E-state index contributed by atoms with van der Waals surface area (Å²) in [6, 6.07) is 11.1. The van der Waals surface area contributed by atoms with Crippen LogP contribution in [0.1, 0.15) is 13.8 Å². The molecular formula is C22H29FO6S2. The SMILES string of the molecule is C=C(C)CO.C=C(C)COc1ccc(S(C)(=O)=O)cc1.CS(=O)(=O)c1ccc(F)cc1. The van der Waals surface area contributed by atoms with Crippen molar-refractivity contribution in [2.45, 2.75) is 23.6 Å². The van der Waals surface area contributed by atoms with Gasteiger partial charge in [0.15, 0.2) is 19.7 Å². The smallest absolute Gasteiger partial charge is 0.175 e. The van der Waals surface area contributed by atoms with E-state index in [-0.39, 0.29) is 11.5 Å². The summed E-state index contributed by atoms with van der Waals surface area (Å²) in [6.07, 6.45) is 2.26. The van der Waals surface area contributed by atoms with Crippen LogP contribution in [0.2, 0.25) is 0 Å². The van der Waals surface area contributed by atoms with Crippen molar-refractivity contribution in [3.8, 4) is 5.75 Å². The Balaban J connectivity index is 0.000000492. The molecule has 0 heterocycles. The molecule has 0 aliphatic carbocycles. The molecule has 0 saturated heterocycles. The Kier molecular flexibility index (Phi) is 12.0. The maximum Gasteiger partial charge on any atom is 0.175 e. The molecule has 0 fully saturated rings. The summed E-state index contributed by atoms with van der Waals surface area (Å²) in [5.41, 5.74) is 1.73. The lowest BCUT2D eigenvalue weighted by atomic mass is 10.3. The Morgan fingerprint density at radius 2 is 1.19 bits per heavy atom. The lowest BCUT2D eigenvalue weighted by Gasteiger charge is -2.05. The third-order valence-electron chi connectivity index (χ3n) is 3.25. The van der Waals surface area contributed by atoms with E-state index in [0.29, 0.717) is 17.3 Å². The number of halogens is 1. The fraction of sp³-hybridized carbons (Fsp3) is 0.273. The van der Waals surface area contributed by atoms with Crippen molar-refractivity contribution in [3.05, 3.63) is 78.7 Å². The summed E-state index contributed by atoms with van der Waals surface area (Å²) in [7, 11) is -6.31. The second-order valence-electron chi connectivity index (χ2n) is 6.83. The van der Waals surface area contributed by atoms with E-state index in [1.54, 1.807) is 19.1 Å². The van der Waals surface area contributed by atoms with Crippen LogP contribution in [0.4, 0.5) is 4.39 Å². The van der Waals surface area contributed by atoms with Crippen LogP contribution in [0.15, 0.2) is 82.6 Å². The number of sulfone groups is 2. The third kappa shape index (κ3) is 13.4. The normalized spacial score (nSPS) is 10.6. The van der Waals surface area contributed by atoms with Gasteiger partial charge in [0, 0.05) is 12.5 Å². The molecule has 0 aromatic heterocycles. The Morgan fingerprint density at radius 3 is 1.48 bits per heavy atom. The molecule has 2 aromatic rings. The summed E-state index contributed by atoms with van der Waals surface area (Å²) in [6.45, 7) is 11.3. The van der Waals surface area contributed by atoms with Crippen molar-refractivity contribution in [2.24, 2.45) is 0 Å². The van der Waals surface area contributed by atoms with Gasteiger partial charge in [-0.1, -0.05) is 18.7 Å². The van der Waals surface area contributed by atoms with E-state index in [1.165, 1.54) is 30.5 Å². The molecule has 0 aliphatic rings. The van der Waals surface area contributed by atoms with Gasteiger partial charge >= 0.3 is 0 Å². The Labute approximate surface area is 184 Å². The van der Waals surface area contributed by atoms with Crippen LogP contribution in [-0.2, 0) is 19.7 Å². The van der Waals surface area contributed by atoms with Gasteiger partial charge in [-0.05, 0) is 68.0 Å². The Hall–Kier alpha value is -2.49. The van der Waals surface area contributed by atoms with Crippen LogP contribution < -0.4 is 4.74 Å². The molecule has 0 spiro atoms. The van der Waals surface area contributed by atoms with Crippen molar-refractivity contribution >= 4 is 19.7 Å². The molecule has 9 heteroatoms. The Morgan fingerprint density at radius 1 is 0.839 bits per heavy atom. The molecule has 2 rings (SSSR count). The van der Waals surface area contributed by atoms with E-state index in [0.717, 1.165) is 29.5 Å². The van der Waals surface area contributed by atoms with E-state index >= 15 is 0 Å². The average Bonchev–Trinajstić information content (AvgIpc) is 2.66. The lowest BCUT2D eigenvalue weighted by molar-refractivity contribution is 0.332. The van der Waals surface area contributed by atoms with Gasteiger partial charge in [0.05, 0.1) is 16.4 Å². The molecule has 0 atom stereocenters. The highest BCUT2D eigenvalue weighted by atomic mass is 32.2. The summed E-state index contributed by atoms with van der Waals surface area (Å²) < 4.78 is 61.6. The van der Waals surface area contributed by atoms with E-state index in [4.69, 9.17) is 9.84 Å². The molecule has 2 aromatic carbocycles. The first-order chi connectivity index (χ1) is 14.2. The van der Waals surface area contributed by atoms with Crippen molar-refractivity contribution in [3.63, 3.8) is 0 Å². The highest BCUT2D eigenvalue weighted by Gasteiger charge is 2.06. The number of ether oxygens (including phenoxy) is 1. The molecule has 31 heavy (non-hydrogen) atoms. The summed E-state index contributed by atoms with van der Waals surface area (Å²) in [4.78, 5) is 0.434. The van der Waals surface area contributed by atoms with Gasteiger partial charge in [-0.25, -0.2) is 21.2 Å². The van der Waals surface area contributed by atoms with Crippen molar-refractivity contribution in [1.29, 1.82) is 0 Å². The molecule has 6 nitrogen and oxygen atoms in total. The standard InChI is InChI=1S/C11H14O3S.C7H7FO2S.C4H8O/c1-9(2)8-14-10-4-6-11(7-5-10)15(3,12)13;1-11(9,10)7-4-2-6(8)3-5-7;1-4(2)3-5/h4-7H,1,8H2,2-3H3;2-5H,1H3;5H,1,3H2,2H3. The van der Waals surface area contributed by atoms with E-state index in [2.05, 4.69) is 13.2 Å². The maximum absolute atomic E-state index is 12.3. The summed E-state index contributed by atoms with van der Waals surface area (Å²) in [5, 5.41) is 8.04. The molecule has 172 valence electrons. The number of aliphatic hydroxyl groups excluding tert-OH is 1. The number of rotatable bonds is 6.